The Hall–Kier alpha value is -3.12. The molecule has 2 aromatic carbocycles. The predicted octanol–water partition coefficient (Wildman–Crippen LogP) is 3.86. The SMILES string of the molecule is O=C(CN1C(=O)S/C(=C\C=C\c2ccccc2)C1=O)N1CCc2ccccc2C1. The largest absolute Gasteiger partial charge is 0.336 e. The number of rotatable bonds is 4. The Kier molecular flexibility index (Phi) is 5.62. The summed E-state index contributed by atoms with van der Waals surface area (Å²) >= 11 is 0.871. The second-order valence-electron chi connectivity index (χ2n) is 6.89. The lowest BCUT2D eigenvalue weighted by Crippen LogP contribution is -2.44. The molecule has 29 heavy (non-hydrogen) atoms. The minimum atomic E-state index is -0.413. The van der Waals surface area contributed by atoms with Gasteiger partial charge in [-0.05, 0) is 40.9 Å². The molecular weight excluding hydrogens is 384 g/mol. The Balaban J connectivity index is 1.40. The highest BCUT2D eigenvalue weighted by molar-refractivity contribution is 8.18. The fourth-order valence-corrected chi connectivity index (χ4v) is 4.19. The lowest BCUT2D eigenvalue weighted by Gasteiger charge is -2.29. The first-order valence-corrected chi connectivity index (χ1v) is 10.2. The molecule has 0 unspecified atom stereocenters. The van der Waals surface area contributed by atoms with Gasteiger partial charge in [0.1, 0.15) is 6.54 Å². The van der Waals surface area contributed by atoms with Crippen LogP contribution in [0.2, 0.25) is 0 Å². The summed E-state index contributed by atoms with van der Waals surface area (Å²) in [7, 11) is 0. The fourth-order valence-electron chi connectivity index (χ4n) is 3.41. The first-order valence-electron chi connectivity index (χ1n) is 9.43. The van der Waals surface area contributed by atoms with Gasteiger partial charge in [-0.1, -0.05) is 66.7 Å². The third-order valence-electron chi connectivity index (χ3n) is 4.99. The van der Waals surface area contributed by atoms with Crippen LogP contribution in [0.15, 0.2) is 71.7 Å². The second-order valence-corrected chi connectivity index (χ2v) is 7.89. The molecule has 4 rings (SSSR count). The predicted molar refractivity (Wildman–Crippen MR) is 114 cm³/mol. The van der Waals surface area contributed by atoms with Gasteiger partial charge in [0.25, 0.3) is 11.1 Å². The second kappa shape index (κ2) is 8.49. The molecule has 2 aliphatic heterocycles. The molecule has 2 aliphatic rings. The molecule has 0 aliphatic carbocycles. The highest BCUT2D eigenvalue weighted by atomic mass is 32.2. The Bertz CT molecular complexity index is 1010. The van der Waals surface area contributed by atoms with E-state index in [0.717, 1.165) is 34.2 Å². The number of imide groups is 1. The van der Waals surface area contributed by atoms with Crippen LogP contribution >= 0.6 is 11.8 Å². The molecule has 6 heteroatoms. The van der Waals surface area contributed by atoms with E-state index in [1.807, 2.05) is 54.6 Å². The molecule has 0 spiro atoms. The highest BCUT2D eigenvalue weighted by Gasteiger charge is 2.37. The van der Waals surface area contributed by atoms with Crippen LogP contribution in [-0.4, -0.2) is 39.9 Å². The molecule has 3 amide bonds. The Morgan fingerprint density at radius 3 is 2.52 bits per heavy atom. The van der Waals surface area contributed by atoms with Crippen LogP contribution in [-0.2, 0) is 22.6 Å². The van der Waals surface area contributed by atoms with Gasteiger partial charge >= 0.3 is 0 Å². The lowest BCUT2D eigenvalue weighted by molar-refractivity contribution is -0.136. The molecule has 2 heterocycles. The normalized spacial score (nSPS) is 18.0. The van der Waals surface area contributed by atoms with Gasteiger partial charge in [0.2, 0.25) is 5.91 Å². The summed E-state index contributed by atoms with van der Waals surface area (Å²) in [6.07, 6.45) is 6.02. The van der Waals surface area contributed by atoms with Crippen molar-refractivity contribution in [2.24, 2.45) is 0 Å². The monoisotopic (exact) mass is 404 g/mol. The van der Waals surface area contributed by atoms with E-state index < -0.39 is 11.1 Å². The maximum absolute atomic E-state index is 12.7. The maximum atomic E-state index is 12.7. The van der Waals surface area contributed by atoms with Crippen LogP contribution < -0.4 is 0 Å². The fraction of sp³-hybridized carbons (Fsp3) is 0.174. The van der Waals surface area contributed by atoms with E-state index >= 15 is 0 Å². The van der Waals surface area contributed by atoms with Crippen LogP contribution in [0.4, 0.5) is 4.79 Å². The number of hydrogen-bond acceptors (Lipinski definition) is 4. The molecule has 0 atom stereocenters. The molecular formula is C23H20N2O3S. The van der Waals surface area contributed by atoms with E-state index in [2.05, 4.69) is 6.07 Å². The number of benzene rings is 2. The van der Waals surface area contributed by atoms with Crippen molar-refractivity contribution in [3.63, 3.8) is 0 Å². The summed E-state index contributed by atoms with van der Waals surface area (Å²) in [4.78, 5) is 40.6. The van der Waals surface area contributed by atoms with Gasteiger partial charge in [-0.2, -0.15) is 0 Å². The molecule has 5 nitrogen and oxygen atoms in total. The van der Waals surface area contributed by atoms with Crippen molar-refractivity contribution in [2.75, 3.05) is 13.1 Å². The minimum Gasteiger partial charge on any atom is -0.336 e. The van der Waals surface area contributed by atoms with Crippen LogP contribution in [0.3, 0.4) is 0 Å². The number of fused-ring (bicyclic) bond motifs is 1. The lowest BCUT2D eigenvalue weighted by atomic mass is 10.00. The van der Waals surface area contributed by atoms with E-state index in [9.17, 15) is 14.4 Å². The molecule has 0 N–H and O–H groups in total. The quantitative estimate of drug-likeness (QED) is 0.726. The molecule has 0 saturated carbocycles. The van der Waals surface area contributed by atoms with E-state index in [1.165, 1.54) is 5.56 Å². The van der Waals surface area contributed by atoms with Gasteiger partial charge in [0, 0.05) is 13.1 Å². The average molecular weight is 404 g/mol. The number of hydrogen-bond donors (Lipinski definition) is 0. The number of nitrogens with zero attached hydrogens (tertiary/aromatic N) is 2. The van der Waals surface area contributed by atoms with Gasteiger partial charge in [-0.3, -0.25) is 19.3 Å². The molecule has 0 aromatic heterocycles. The summed E-state index contributed by atoms with van der Waals surface area (Å²) in [6.45, 7) is 0.898. The molecule has 1 fully saturated rings. The van der Waals surface area contributed by atoms with Crippen molar-refractivity contribution < 1.29 is 14.4 Å². The van der Waals surface area contributed by atoms with Gasteiger partial charge in [0.05, 0.1) is 4.91 Å². The Morgan fingerprint density at radius 2 is 1.72 bits per heavy atom. The summed E-state index contributed by atoms with van der Waals surface area (Å²) in [6, 6.07) is 17.7. The van der Waals surface area contributed by atoms with Crippen molar-refractivity contribution in [1.82, 2.24) is 9.80 Å². The van der Waals surface area contributed by atoms with E-state index in [4.69, 9.17) is 0 Å². The van der Waals surface area contributed by atoms with Crippen LogP contribution in [0.25, 0.3) is 6.08 Å². The summed E-state index contributed by atoms with van der Waals surface area (Å²) in [5, 5.41) is -0.403. The Morgan fingerprint density at radius 1 is 1.00 bits per heavy atom. The first-order chi connectivity index (χ1) is 14.1. The number of carbonyl (C=O) groups excluding carboxylic acids is 3. The number of allylic oxidation sites excluding steroid dienone is 2. The number of amides is 3. The van der Waals surface area contributed by atoms with E-state index in [1.54, 1.807) is 17.1 Å². The smallest absolute Gasteiger partial charge is 0.294 e. The van der Waals surface area contributed by atoms with E-state index in [0.29, 0.717) is 18.0 Å². The van der Waals surface area contributed by atoms with Gasteiger partial charge < -0.3 is 4.90 Å². The van der Waals surface area contributed by atoms with Gasteiger partial charge in [-0.25, -0.2) is 0 Å². The Labute approximate surface area is 173 Å². The van der Waals surface area contributed by atoms with Crippen LogP contribution in [0.5, 0.6) is 0 Å². The molecule has 0 radical (unpaired) electrons. The van der Waals surface area contributed by atoms with Gasteiger partial charge in [0.15, 0.2) is 0 Å². The minimum absolute atomic E-state index is 0.206. The zero-order valence-corrected chi connectivity index (χ0v) is 16.6. The highest BCUT2D eigenvalue weighted by Crippen LogP contribution is 2.31. The standard InChI is InChI=1S/C23H20N2O3S/c26-21(24-14-13-18-10-4-5-11-19(18)15-24)16-25-22(27)20(29-23(25)28)12-6-9-17-7-2-1-3-8-17/h1-12H,13-16H2/b9-6+,20-12-. The zero-order chi connectivity index (χ0) is 20.2. The topological polar surface area (TPSA) is 57.7 Å². The van der Waals surface area contributed by atoms with Crippen molar-refractivity contribution in [3.05, 3.63) is 88.3 Å². The van der Waals surface area contributed by atoms with Crippen molar-refractivity contribution >= 4 is 34.9 Å². The van der Waals surface area contributed by atoms with E-state index in [-0.39, 0.29) is 12.5 Å². The van der Waals surface area contributed by atoms with Crippen molar-refractivity contribution in [1.29, 1.82) is 0 Å². The summed E-state index contributed by atoms with van der Waals surface area (Å²) < 4.78 is 0. The molecule has 2 aromatic rings. The zero-order valence-electron chi connectivity index (χ0n) is 15.8. The third kappa shape index (κ3) is 4.32. The number of thioether (sulfide) groups is 1. The first kappa shape index (κ1) is 19.2. The van der Waals surface area contributed by atoms with Gasteiger partial charge in [-0.15, -0.1) is 0 Å². The third-order valence-corrected chi connectivity index (χ3v) is 5.91. The molecule has 146 valence electrons. The summed E-state index contributed by atoms with van der Waals surface area (Å²) in [5.74, 6) is -0.619. The number of carbonyl (C=O) groups is 3. The average Bonchev–Trinajstić information content (AvgIpc) is 3.01. The molecule has 1 saturated heterocycles. The van der Waals surface area contributed by atoms with Crippen LogP contribution in [0, 0.1) is 0 Å². The van der Waals surface area contributed by atoms with Crippen molar-refractivity contribution in [3.8, 4) is 0 Å². The maximum Gasteiger partial charge on any atom is 0.294 e. The molecule has 0 bridgehead atoms. The van der Waals surface area contributed by atoms with Crippen LogP contribution in [0.1, 0.15) is 16.7 Å². The summed E-state index contributed by atoms with van der Waals surface area (Å²) in [5.41, 5.74) is 3.37. The van der Waals surface area contributed by atoms with Crippen molar-refractivity contribution in [2.45, 2.75) is 13.0 Å².